The molecular formula is C10H17N3O2S. The highest BCUT2D eigenvalue weighted by atomic mass is 32.2. The fourth-order valence-electron chi connectivity index (χ4n) is 2.23. The number of likely N-dealkylation sites (tertiary alicyclic amines) is 1. The molecule has 0 aromatic rings. The van der Waals surface area contributed by atoms with Crippen molar-refractivity contribution < 1.29 is 9.59 Å². The smallest absolute Gasteiger partial charge is 0.320 e. The van der Waals surface area contributed by atoms with Crippen LogP contribution in [0.5, 0.6) is 0 Å². The first-order valence-corrected chi connectivity index (χ1v) is 6.78. The summed E-state index contributed by atoms with van der Waals surface area (Å²) in [5, 5.41) is 0. The predicted octanol–water partition coefficient (Wildman–Crippen LogP) is 0.105. The number of nitrogens with two attached hydrogens (primary N) is 1. The summed E-state index contributed by atoms with van der Waals surface area (Å²) < 4.78 is 0. The summed E-state index contributed by atoms with van der Waals surface area (Å²) in [6, 6.07) is -0.399. The van der Waals surface area contributed by atoms with Gasteiger partial charge in [0.15, 0.2) is 0 Å². The van der Waals surface area contributed by atoms with Gasteiger partial charge in [-0.05, 0) is 12.8 Å². The van der Waals surface area contributed by atoms with Crippen LogP contribution < -0.4 is 5.73 Å². The third kappa shape index (κ3) is 2.26. The van der Waals surface area contributed by atoms with Gasteiger partial charge in [0.25, 0.3) is 0 Å². The Morgan fingerprint density at radius 2 is 1.88 bits per heavy atom. The molecule has 0 unspecified atom stereocenters. The monoisotopic (exact) mass is 243 g/mol. The third-order valence-electron chi connectivity index (χ3n) is 3.11. The first-order chi connectivity index (χ1) is 7.70. The van der Waals surface area contributed by atoms with Crippen molar-refractivity contribution in [2.75, 3.05) is 31.1 Å². The van der Waals surface area contributed by atoms with Gasteiger partial charge in [-0.3, -0.25) is 4.79 Å². The highest BCUT2D eigenvalue weighted by Gasteiger charge is 2.35. The first-order valence-electron chi connectivity index (χ1n) is 5.63. The summed E-state index contributed by atoms with van der Waals surface area (Å²) in [6.07, 6.45) is 1.59. The van der Waals surface area contributed by atoms with Crippen molar-refractivity contribution >= 4 is 23.7 Å². The molecule has 0 aromatic heterocycles. The largest absolute Gasteiger partial charge is 0.368 e. The van der Waals surface area contributed by atoms with Crippen LogP contribution in [-0.2, 0) is 4.79 Å². The summed E-state index contributed by atoms with van der Waals surface area (Å²) in [4.78, 5) is 26.8. The lowest BCUT2D eigenvalue weighted by Crippen LogP contribution is -2.51. The van der Waals surface area contributed by atoms with Gasteiger partial charge in [-0.25, -0.2) is 4.79 Å². The fraction of sp³-hybridized carbons (Fsp3) is 0.800. The molecule has 2 saturated heterocycles. The zero-order chi connectivity index (χ0) is 11.5. The summed E-state index contributed by atoms with van der Waals surface area (Å²) in [5.41, 5.74) is 5.30. The fourth-order valence-corrected chi connectivity index (χ4v) is 3.13. The maximum absolute atomic E-state index is 12.2. The Labute approximate surface area is 99.3 Å². The zero-order valence-electron chi connectivity index (χ0n) is 9.22. The Kier molecular flexibility index (Phi) is 3.58. The van der Waals surface area contributed by atoms with E-state index in [0.717, 1.165) is 31.0 Å². The summed E-state index contributed by atoms with van der Waals surface area (Å²) in [6.45, 7) is 2.23. The quantitative estimate of drug-likeness (QED) is 0.710. The maximum atomic E-state index is 12.2. The van der Waals surface area contributed by atoms with E-state index in [1.807, 2.05) is 16.7 Å². The number of nitrogens with zero attached hydrogens (tertiary/aromatic N) is 2. The molecule has 2 aliphatic heterocycles. The third-order valence-corrected chi connectivity index (χ3v) is 4.05. The van der Waals surface area contributed by atoms with Crippen molar-refractivity contribution in [3.05, 3.63) is 0 Å². The topological polar surface area (TPSA) is 66.6 Å². The number of amides is 3. The Morgan fingerprint density at radius 1 is 1.19 bits per heavy atom. The number of hydrogen-bond donors (Lipinski definition) is 1. The lowest BCUT2D eigenvalue weighted by Gasteiger charge is -2.32. The molecule has 0 saturated carbocycles. The van der Waals surface area contributed by atoms with Gasteiger partial charge in [-0.1, -0.05) is 0 Å². The number of urea groups is 1. The van der Waals surface area contributed by atoms with Crippen molar-refractivity contribution in [3.8, 4) is 0 Å². The Bertz CT molecular complexity index is 292. The van der Waals surface area contributed by atoms with Crippen molar-refractivity contribution in [3.63, 3.8) is 0 Å². The number of carbonyl (C=O) groups is 2. The second-order valence-electron chi connectivity index (χ2n) is 4.14. The minimum atomic E-state index is -0.387. The molecule has 0 aromatic carbocycles. The van der Waals surface area contributed by atoms with Gasteiger partial charge in [0.1, 0.15) is 6.04 Å². The number of thioether (sulfide) groups is 1. The Balaban J connectivity index is 1.99. The molecule has 6 heteroatoms. The minimum Gasteiger partial charge on any atom is -0.368 e. The van der Waals surface area contributed by atoms with E-state index < -0.39 is 0 Å². The molecule has 90 valence electrons. The number of primary amides is 1. The molecule has 2 rings (SSSR count). The zero-order valence-corrected chi connectivity index (χ0v) is 10.0. The van der Waals surface area contributed by atoms with Gasteiger partial charge in [0, 0.05) is 31.1 Å². The van der Waals surface area contributed by atoms with Gasteiger partial charge in [0.2, 0.25) is 5.91 Å². The highest BCUT2D eigenvalue weighted by molar-refractivity contribution is 7.99. The molecule has 5 nitrogen and oxygen atoms in total. The standard InChI is InChI=1S/C10H17N3O2S/c11-9(14)8-2-1-3-13(8)10(15)12-4-6-16-7-5-12/h8H,1-7H2,(H2,11,14)/t8-/m0/s1. The van der Waals surface area contributed by atoms with Crippen molar-refractivity contribution in [1.82, 2.24) is 9.80 Å². The molecule has 2 heterocycles. The number of hydrogen-bond acceptors (Lipinski definition) is 3. The second kappa shape index (κ2) is 4.95. The predicted molar refractivity (Wildman–Crippen MR) is 63.2 cm³/mol. The van der Waals surface area contributed by atoms with Crippen LogP contribution in [0, 0.1) is 0 Å². The molecule has 2 aliphatic rings. The van der Waals surface area contributed by atoms with E-state index in [2.05, 4.69) is 0 Å². The van der Waals surface area contributed by atoms with E-state index in [9.17, 15) is 9.59 Å². The maximum Gasteiger partial charge on any atom is 0.320 e. The first kappa shape index (κ1) is 11.6. The van der Waals surface area contributed by atoms with E-state index in [1.54, 1.807) is 4.90 Å². The average molecular weight is 243 g/mol. The van der Waals surface area contributed by atoms with Crippen LogP contribution >= 0.6 is 11.8 Å². The van der Waals surface area contributed by atoms with Gasteiger partial charge in [0.05, 0.1) is 0 Å². The summed E-state index contributed by atoms with van der Waals surface area (Å²) >= 11 is 1.86. The van der Waals surface area contributed by atoms with Gasteiger partial charge >= 0.3 is 6.03 Å². The molecule has 2 N–H and O–H groups in total. The van der Waals surface area contributed by atoms with E-state index in [0.29, 0.717) is 13.0 Å². The van der Waals surface area contributed by atoms with Crippen LogP contribution in [0.15, 0.2) is 0 Å². The Morgan fingerprint density at radius 3 is 2.50 bits per heavy atom. The van der Waals surface area contributed by atoms with Crippen LogP contribution in [0.3, 0.4) is 0 Å². The van der Waals surface area contributed by atoms with Crippen molar-refractivity contribution in [1.29, 1.82) is 0 Å². The molecule has 0 radical (unpaired) electrons. The van der Waals surface area contributed by atoms with E-state index in [1.165, 1.54) is 0 Å². The van der Waals surface area contributed by atoms with Crippen LogP contribution in [0.2, 0.25) is 0 Å². The molecule has 1 atom stereocenters. The summed E-state index contributed by atoms with van der Waals surface area (Å²) in [7, 11) is 0. The lowest BCUT2D eigenvalue weighted by atomic mass is 10.2. The molecule has 0 aliphatic carbocycles. The average Bonchev–Trinajstić information content (AvgIpc) is 2.78. The van der Waals surface area contributed by atoms with Gasteiger partial charge in [-0.15, -0.1) is 0 Å². The second-order valence-corrected chi connectivity index (χ2v) is 5.36. The van der Waals surface area contributed by atoms with Crippen molar-refractivity contribution in [2.45, 2.75) is 18.9 Å². The van der Waals surface area contributed by atoms with Crippen LogP contribution in [-0.4, -0.2) is 58.9 Å². The van der Waals surface area contributed by atoms with E-state index in [-0.39, 0.29) is 18.0 Å². The number of rotatable bonds is 1. The lowest BCUT2D eigenvalue weighted by molar-refractivity contribution is -0.121. The van der Waals surface area contributed by atoms with E-state index in [4.69, 9.17) is 5.73 Å². The van der Waals surface area contributed by atoms with Crippen LogP contribution in [0.1, 0.15) is 12.8 Å². The molecule has 2 fully saturated rings. The summed E-state index contributed by atoms with van der Waals surface area (Å²) in [5.74, 6) is 1.60. The highest BCUT2D eigenvalue weighted by Crippen LogP contribution is 2.20. The molecular weight excluding hydrogens is 226 g/mol. The van der Waals surface area contributed by atoms with Crippen LogP contribution in [0.4, 0.5) is 4.79 Å². The molecule has 16 heavy (non-hydrogen) atoms. The van der Waals surface area contributed by atoms with Crippen molar-refractivity contribution in [2.24, 2.45) is 5.73 Å². The van der Waals surface area contributed by atoms with Crippen LogP contribution in [0.25, 0.3) is 0 Å². The minimum absolute atomic E-state index is 0.0124. The number of carbonyl (C=O) groups excluding carboxylic acids is 2. The normalized spacial score (nSPS) is 25.9. The SMILES string of the molecule is NC(=O)[C@@H]1CCCN1C(=O)N1CCSCC1. The van der Waals surface area contributed by atoms with Gasteiger partial charge in [-0.2, -0.15) is 11.8 Å². The Hall–Kier alpha value is -0.910. The van der Waals surface area contributed by atoms with E-state index >= 15 is 0 Å². The molecule has 0 spiro atoms. The molecule has 3 amide bonds. The molecule has 0 bridgehead atoms. The van der Waals surface area contributed by atoms with Gasteiger partial charge < -0.3 is 15.5 Å².